The highest BCUT2D eigenvalue weighted by molar-refractivity contribution is 6.05. The molecule has 0 aliphatic carbocycles. The molecule has 0 saturated carbocycles. The Morgan fingerprint density at radius 1 is 0.820 bits per heavy atom. The molecule has 0 spiro atoms. The zero-order valence-electron chi connectivity index (χ0n) is 32.2. The average molecular weight is 860 g/mol. The maximum Gasteiger partial charge on any atom is 0.461 e. The van der Waals surface area contributed by atoms with Crippen molar-refractivity contribution >= 4 is 40.3 Å². The van der Waals surface area contributed by atoms with Crippen molar-refractivity contribution in [3.05, 3.63) is 126 Å². The molecule has 0 atom stereocenters. The van der Waals surface area contributed by atoms with Gasteiger partial charge in [0.2, 0.25) is 5.88 Å². The number of nitrogens with zero attached hydrogens (tertiary/aromatic N) is 5. The van der Waals surface area contributed by atoms with E-state index in [0.29, 0.717) is 62.0 Å². The highest BCUT2D eigenvalue weighted by Crippen LogP contribution is 2.31. The van der Waals surface area contributed by atoms with Gasteiger partial charge in [-0.15, -0.1) is 0 Å². The second-order valence-electron chi connectivity index (χ2n) is 13.4. The number of benzene rings is 3. The molecule has 1 saturated heterocycles. The quantitative estimate of drug-likeness (QED) is 0.0949. The topological polar surface area (TPSA) is 155 Å². The molecule has 0 radical (unpaired) electrons. The molecule has 5 aromatic rings. The van der Waals surface area contributed by atoms with Gasteiger partial charge in [0.15, 0.2) is 0 Å². The van der Waals surface area contributed by atoms with Crippen LogP contribution in [-0.4, -0.2) is 99.1 Å². The van der Waals surface area contributed by atoms with E-state index in [9.17, 15) is 49.9 Å². The lowest BCUT2D eigenvalue weighted by atomic mass is 10.1. The molecule has 3 heterocycles. The van der Waals surface area contributed by atoms with Gasteiger partial charge in [0.25, 0.3) is 11.8 Å². The number of piperazine rings is 1. The Morgan fingerprint density at radius 2 is 1.43 bits per heavy atom. The first-order valence-electron chi connectivity index (χ1n) is 18.0. The Kier molecular flexibility index (Phi) is 14.0. The number of aromatic nitrogens is 2. The summed E-state index contributed by atoms with van der Waals surface area (Å²) in [6, 6.07) is 19.7. The Bertz CT molecular complexity index is 2360. The minimum atomic E-state index is -4.58. The standard InChI is InChI=1S/C37H32F7N5O4.C4H4O4/c1-46(33(50)24-5-7-26(8-6-24)36(40,41)42)27-9-14-32(45-21-27)52-29-12-13-30-25(19-29)20-31(47(30)2)34(51)49-17-15-48(16-18-49)22-23-3-10-28(11-4-23)53-37(43,44)35(38)39;5-3(6)1-2-4(7)8/h3-14,19-21,35H,15-18,22H2,1-2H3;1-2H,(H,5,6)(H,7,8)/b;2-1-. The van der Waals surface area contributed by atoms with Gasteiger partial charge < -0.3 is 34.1 Å². The van der Waals surface area contributed by atoms with Gasteiger partial charge in [-0.2, -0.15) is 30.7 Å². The van der Waals surface area contributed by atoms with Crippen LogP contribution in [-0.2, 0) is 29.4 Å². The van der Waals surface area contributed by atoms with E-state index in [0.717, 1.165) is 40.7 Å². The number of carbonyl (C=O) groups is 4. The van der Waals surface area contributed by atoms with Crippen molar-refractivity contribution in [2.24, 2.45) is 7.05 Å². The van der Waals surface area contributed by atoms with Gasteiger partial charge in [0.05, 0.1) is 17.4 Å². The zero-order chi connectivity index (χ0) is 44.6. The lowest BCUT2D eigenvalue weighted by Crippen LogP contribution is -2.48. The minimum Gasteiger partial charge on any atom is -0.478 e. The molecular formula is C41H36F7N5O8. The fourth-order valence-corrected chi connectivity index (χ4v) is 6.00. The third-order valence-corrected chi connectivity index (χ3v) is 9.19. The summed E-state index contributed by atoms with van der Waals surface area (Å²) in [5.41, 5.74) is 1.68. The number of carbonyl (C=O) groups excluding carboxylic acids is 2. The second kappa shape index (κ2) is 19.0. The van der Waals surface area contributed by atoms with Crippen molar-refractivity contribution in [2.45, 2.75) is 25.3 Å². The largest absolute Gasteiger partial charge is 0.478 e. The second-order valence-corrected chi connectivity index (χ2v) is 13.4. The van der Waals surface area contributed by atoms with Gasteiger partial charge in [0, 0.05) is 81.5 Å². The number of carboxylic acid groups (broad SMARTS) is 2. The maximum absolute atomic E-state index is 13.6. The van der Waals surface area contributed by atoms with Crippen LogP contribution in [0.15, 0.2) is 103 Å². The summed E-state index contributed by atoms with van der Waals surface area (Å²) in [6.07, 6.45) is -10.5. The van der Waals surface area contributed by atoms with Crippen molar-refractivity contribution < 1.29 is 69.6 Å². The first-order valence-corrected chi connectivity index (χ1v) is 18.0. The lowest BCUT2D eigenvalue weighted by molar-refractivity contribution is -0.253. The molecule has 1 aliphatic heterocycles. The first kappa shape index (κ1) is 45.1. The number of amides is 2. The van der Waals surface area contributed by atoms with Crippen LogP contribution in [0.1, 0.15) is 32.0 Å². The third kappa shape index (κ3) is 11.8. The number of alkyl halides is 7. The van der Waals surface area contributed by atoms with E-state index in [1.54, 1.807) is 46.8 Å². The molecule has 2 N–H and O–H groups in total. The number of rotatable bonds is 12. The maximum atomic E-state index is 13.6. The molecule has 3 aromatic carbocycles. The molecule has 2 aromatic heterocycles. The number of carboxylic acids is 2. The number of halogens is 7. The number of fused-ring (bicyclic) bond motifs is 1. The third-order valence-electron chi connectivity index (χ3n) is 9.19. The number of aliphatic carboxylic acids is 2. The summed E-state index contributed by atoms with van der Waals surface area (Å²) < 4.78 is 102. The number of anilines is 1. The Morgan fingerprint density at radius 3 is 1.97 bits per heavy atom. The highest BCUT2D eigenvalue weighted by Gasteiger charge is 2.44. The lowest BCUT2D eigenvalue weighted by Gasteiger charge is -2.34. The van der Waals surface area contributed by atoms with Crippen LogP contribution in [0.3, 0.4) is 0 Å². The van der Waals surface area contributed by atoms with Crippen molar-refractivity contribution in [3.63, 3.8) is 0 Å². The van der Waals surface area contributed by atoms with Gasteiger partial charge in [-0.05, 0) is 72.3 Å². The van der Waals surface area contributed by atoms with E-state index >= 15 is 0 Å². The van der Waals surface area contributed by atoms with Crippen LogP contribution < -0.4 is 14.4 Å². The van der Waals surface area contributed by atoms with Gasteiger partial charge in [-0.25, -0.2) is 14.6 Å². The first-order chi connectivity index (χ1) is 28.7. The van der Waals surface area contributed by atoms with Gasteiger partial charge in [-0.1, -0.05) is 12.1 Å². The van der Waals surface area contributed by atoms with E-state index in [2.05, 4.69) is 14.6 Å². The molecule has 61 heavy (non-hydrogen) atoms. The van der Waals surface area contributed by atoms with Crippen molar-refractivity contribution in [1.82, 2.24) is 19.4 Å². The number of hydrogen-bond donors (Lipinski definition) is 2. The van der Waals surface area contributed by atoms with E-state index in [4.69, 9.17) is 14.9 Å². The van der Waals surface area contributed by atoms with E-state index in [1.165, 1.54) is 42.4 Å². The number of pyridine rings is 1. The zero-order valence-corrected chi connectivity index (χ0v) is 32.2. The fourth-order valence-electron chi connectivity index (χ4n) is 6.00. The van der Waals surface area contributed by atoms with Crippen LogP contribution in [0.25, 0.3) is 10.9 Å². The summed E-state index contributed by atoms with van der Waals surface area (Å²) >= 11 is 0. The van der Waals surface area contributed by atoms with Crippen LogP contribution >= 0.6 is 0 Å². The summed E-state index contributed by atoms with van der Waals surface area (Å²) in [4.78, 5) is 54.9. The minimum absolute atomic E-state index is 0.0830. The molecule has 1 fully saturated rings. The molecule has 0 unspecified atom stereocenters. The van der Waals surface area contributed by atoms with Crippen molar-refractivity contribution in [3.8, 4) is 17.4 Å². The fraction of sp³-hybridized carbons (Fsp3) is 0.244. The molecule has 2 amide bonds. The van der Waals surface area contributed by atoms with Crippen LogP contribution in [0, 0.1) is 0 Å². The van der Waals surface area contributed by atoms with Crippen LogP contribution in [0.5, 0.6) is 17.4 Å². The predicted molar refractivity (Wildman–Crippen MR) is 205 cm³/mol. The predicted octanol–water partition coefficient (Wildman–Crippen LogP) is 7.57. The average Bonchev–Trinajstić information content (AvgIpc) is 3.55. The van der Waals surface area contributed by atoms with E-state index < -0.39 is 42.1 Å². The summed E-state index contributed by atoms with van der Waals surface area (Å²) in [7, 11) is 3.27. The molecule has 1 aliphatic rings. The monoisotopic (exact) mass is 859 g/mol. The summed E-state index contributed by atoms with van der Waals surface area (Å²) in [6.45, 7) is 2.48. The van der Waals surface area contributed by atoms with Crippen molar-refractivity contribution in [1.29, 1.82) is 0 Å². The SMILES string of the molecule is CN(C(=O)c1ccc(C(F)(F)F)cc1)c1ccc(Oc2ccc3c(c2)cc(C(=O)N2CCN(Cc4ccc(OC(F)(F)C(F)F)cc4)CC2)n3C)nc1.O=C(O)/C=C\C(=O)O. The van der Waals surface area contributed by atoms with Gasteiger partial charge in [-0.3, -0.25) is 14.5 Å². The number of aryl methyl sites for hydroxylation is 1. The van der Waals surface area contributed by atoms with Crippen molar-refractivity contribution in [2.75, 3.05) is 38.1 Å². The number of ether oxygens (including phenoxy) is 2. The van der Waals surface area contributed by atoms with E-state index in [-0.39, 0.29) is 23.1 Å². The number of hydrogen-bond acceptors (Lipinski definition) is 8. The summed E-state index contributed by atoms with van der Waals surface area (Å²) in [5.74, 6) is -2.87. The highest BCUT2D eigenvalue weighted by atomic mass is 19.4. The van der Waals surface area contributed by atoms with E-state index in [1.807, 2.05) is 6.07 Å². The molecule has 13 nitrogen and oxygen atoms in total. The molecule has 322 valence electrons. The molecule has 20 heteroatoms. The van der Waals surface area contributed by atoms with Crippen LogP contribution in [0.2, 0.25) is 0 Å². The summed E-state index contributed by atoms with van der Waals surface area (Å²) in [5, 5.41) is 16.4. The molecular weight excluding hydrogens is 823 g/mol. The Balaban J connectivity index is 0.000000800. The smallest absolute Gasteiger partial charge is 0.461 e. The van der Waals surface area contributed by atoms with Gasteiger partial charge in [0.1, 0.15) is 17.2 Å². The van der Waals surface area contributed by atoms with Gasteiger partial charge >= 0.3 is 30.6 Å². The Hall–Kier alpha value is -6.96. The Labute approximate surface area is 342 Å². The molecule has 0 bridgehead atoms. The van der Waals surface area contributed by atoms with Crippen LogP contribution in [0.4, 0.5) is 36.4 Å². The normalized spacial score (nSPS) is 13.5. The molecule has 6 rings (SSSR count).